The van der Waals surface area contributed by atoms with Gasteiger partial charge in [-0.2, -0.15) is 0 Å². The maximum Gasteiger partial charge on any atom is 0.180 e. The van der Waals surface area contributed by atoms with Crippen LogP contribution in [0.3, 0.4) is 0 Å². The zero-order chi connectivity index (χ0) is 19.0. The van der Waals surface area contributed by atoms with E-state index in [0.29, 0.717) is 46.5 Å². The second-order valence-electron chi connectivity index (χ2n) is 7.65. The van der Waals surface area contributed by atoms with Crippen LogP contribution in [0.4, 0.5) is 10.2 Å². The van der Waals surface area contributed by atoms with Gasteiger partial charge in [0.05, 0.1) is 11.9 Å². The zero-order valence-electron chi connectivity index (χ0n) is 15.6. The first-order valence-corrected chi connectivity index (χ1v) is 9.42. The van der Waals surface area contributed by atoms with E-state index in [9.17, 15) is 9.18 Å². The Labute approximate surface area is 157 Å². The summed E-state index contributed by atoms with van der Waals surface area (Å²) in [6, 6.07) is 4.72. The lowest BCUT2D eigenvalue weighted by molar-refractivity contribution is 0.0975. The molecular weight excluding hydrogens is 343 g/mol. The molecular formula is C21H23FN4O. The van der Waals surface area contributed by atoms with Crippen molar-refractivity contribution < 1.29 is 9.18 Å². The normalized spacial score (nSPS) is 14.1. The molecule has 0 unspecified atom stereocenters. The summed E-state index contributed by atoms with van der Waals surface area (Å²) < 4.78 is 16.6. The number of hydrogen-bond acceptors (Lipinski definition) is 4. The first-order valence-electron chi connectivity index (χ1n) is 9.42. The number of nitrogens with zero attached hydrogens (tertiary/aromatic N) is 3. The monoisotopic (exact) mass is 366 g/mol. The van der Waals surface area contributed by atoms with Gasteiger partial charge in [-0.25, -0.2) is 14.4 Å². The highest BCUT2D eigenvalue weighted by molar-refractivity contribution is 5.96. The van der Waals surface area contributed by atoms with Crippen molar-refractivity contribution in [1.29, 1.82) is 0 Å². The standard InChI is InChI=1S/C21H23FN4O/c1-13(2)11-24-20-21-25-12-18(26(21)8-7-23-20)16-6-5-15(10-17(16)22)19(27)9-14-3-4-14/h5-8,10,12-14H,3-4,9,11H2,1-2H3,(H,23,24). The van der Waals surface area contributed by atoms with Crippen LogP contribution in [0, 0.1) is 17.7 Å². The Balaban J connectivity index is 1.65. The maximum absolute atomic E-state index is 14.8. The number of fused-ring (bicyclic) bond motifs is 1. The Hall–Kier alpha value is -2.76. The average molecular weight is 366 g/mol. The molecule has 1 aliphatic rings. The largest absolute Gasteiger partial charge is 0.367 e. The minimum absolute atomic E-state index is 0.0189. The molecule has 5 nitrogen and oxygen atoms in total. The summed E-state index contributed by atoms with van der Waals surface area (Å²) in [5, 5.41) is 3.28. The van der Waals surface area contributed by atoms with Crippen molar-refractivity contribution in [2.75, 3.05) is 11.9 Å². The van der Waals surface area contributed by atoms with E-state index in [1.165, 1.54) is 6.07 Å². The lowest BCUT2D eigenvalue weighted by Crippen LogP contribution is -2.10. The lowest BCUT2D eigenvalue weighted by atomic mass is 10.0. The van der Waals surface area contributed by atoms with Crippen LogP contribution in [0.5, 0.6) is 0 Å². The molecule has 0 aliphatic heterocycles. The molecule has 4 rings (SSSR count). The van der Waals surface area contributed by atoms with Gasteiger partial charge in [0.1, 0.15) is 5.82 Å². The first-order chi connectivity index (χ1) is 13.0. The molecule has 3 aromatic rings. The zero-order valence-corrected chi connectivity index (χ0v) is 15.6. The van der Waals surface area contributed by atoms with Gasteiger partial charge >= 0.3 is 0 Å². The van der Waals surface area contributed by atoms with E-state index < -0.39 is 5.82 Å². The molecule has 140 valence electrons. The topological polar surface area (TPSA) is 59.3 Å². The molecule has 0 saturated heterocycles. The smallest absolute Gasteiger partial charge is 0.180 e. The molecule has 2 heterocycles. The molecule has 1 fully saturated rings. The average Bonchev–Trinajstić information content (AvgIpc) is 3.35. The summed E-state index contributed by atoms with van der Waals surface area (Å²) in [5.41, 5.74) is 2.16. The Morgan fingerprint density at radius 1 is 1.33 bits per heavy atom. The first kappa shape index (κ1) is 17.6. The van der Waals surface area contributed by atoms with E-state index >= 15 is 0 Å². The van der Waals surface area contributed by atoms with Gasteiger partial charge in [-0.3, -0.25) is 9.20 Å². The third-order valence-electron chi connectivity index (χ3n) is 4.84. The summed E-state index contributed by atoms with van der Waals surface area (Å²) in [6.07, 6.45) is 7.81. The summed E-state index contributed by atoms with van der Waals surface area (Å²) >= 11 is 0. The maximum atomic E-state index is 14.8. The number of nitrogens with one attached hydrogen (secondary N) is 1. The van der Waals surface area contributed by atoms with Crippen molar-refractivity contribution >= 4 is 17.2 Å². The van der Waals surface area contributed by atoms with Crippen LogP contribution in [-0.2, 0) is 0 Å². The molecule has 1 aliphatic carbocycles. The van der Waals surface area contributed by atoms with Crippen LogP contribution in [0.15, 0.2) is 36.8 Å². The fraction of sp³-hybridized carbons (Fsp3) is 0.381. The number of hydrogen-bond donors (Lipinski definition) is 1. The van der Waals surface area contributed by atoms with E-state index in [-0.39, 0.29) is 5.78 Å². The van der Waals surface area contributed by atoms with Gasteiger partial charge in [0.2, 0.25) is 0 Å². The van der Waals surface area contributed by atoms with Gasteiger partial charge in [-0.1, -0.05) is 19.9 Å². The predicted molar refractivity (Wildman–Crippen MR) is 103 cm³/mol. The predicted octanol–water partition coefficient (Wildman–Crippen LogP) is 4.59. The number of Topliss-reactive ketones (excluding diaryl/α,β-unsaturated/α-hetero) is 1. The van der Waals surface area contributed by atoms with Crippen molar-refractivity contribution in [3.63, 3.8) is 0 Å². The molecule has 27 heavy (non-hydrogen) atoms. The Morgan fingerprint density at radius 3 is 2.85 bits per heavy atom. The molecule has 0 bridgehead atoms. The van der Waals surface area contributed by atoms with Crippen molar-refractivity contribution in [1.82, 2.24) is 14.4 Å². The Morgan fingerprint density at radius 2 is 2.15 bits per heavy atom. The Bertz CT molecular complexity index is 991. The van der Waals surface area contributed by atoms with Crippen LogP contribution >= 0.6 is 0 Å². The number of imidazole rings is 1. The van der Waals surface area contributed by atoms with Gasteiger partial charge in [-0.05, 0) is 36.8 Å². The summed E-state index contributed by atoms with van der Waals surface area (Å²) in [6.45, 7) is 5.01. The van der Waals surface area contributed by atoms with Gasteiger partial charge in [0, 0.05) is 36.5 Å². The number of halogens is 1. The fourth-order valence-corrected chi connectivity index (χ4v) is 3.14. The van der Waals surface area contributed by atoms with Crippen molar-refractivity contribution in [2.45, 2.75) is 33.1 Å². The molecule has 1 aromatic carbocycles. The van der Waals surface area contributed by atoms with Crippen molar-refractivity contribution in [3.8, 4) is 11.3 Å². The quantitative estimate of drug-likeness (QED) is 0.622. The molecule has 2 aromatic heterocycles. The second-order valence-corrected chi connectivity index (χ2v) is 7.65. The molecule has 1 saturated carbocycles. The number of ketones is 1. The van der Waals surface area contributed by atoms with E-state index in [1.807, 2.05) is 4.40 Å². The third-order valence-corrected chi connectivity index (χ3v) is 4.84. The highest BCUT2D eigenvalue weighted by atomic mass is 19.1. The minimum atomic E-state index is -0.410. The summed E-state index contributed by atoms with van der Waals surface area (Å²) in [5.74, 6) is 1.24. The van der Waals surface area contributed by atoms with E-state index in [4.69, 9.17) is 0 Å². The van der Waals surface area contributed by atoms with Crippen LogP contribution < -0.4 is 5.32 Å². The SMILES string of the molecule is CC(C)CNc1nccn2c(-c3ccc(C(=O)CC4CC4)cc3F)cnc12. The lowest BCUT2D eigenvalue weighted by Gasteiger charge is -2.10. The summed E-state index contributed by atoms with van der Waals surface area (Å²) in [4.78, 5) is 21.0. The fourth-order valence-electron chi connectivity index (χ4n) is 3.14. The number of anilines is 1. The van der Waals surface area contributed by atoms with E-state index in [1.54, 1.807) is 30.7 Å². The second kappa shape index (κ2) is 7.10. The molecule has 0 atom stereocenters. The number of benzene rings is 1. The van der Waals surface area contributed by atoms with Gasteiger partial charge in [-0.15, -0.1) is 0 Å². The summed E-state index contributed by atoms with van der Waals surface area (Å²) in [7, 11) is 0. The van der Waals surface area contributed by atoms with E-state index in [2.05, 4.69) is 29.1 Å². The molecule has 0 radical (unpaired) electrons. The molecule has 0 spiro atoms. The molecule has 0 amide bonds. The number of carbonyl (C=O) groups is 1. The Kier molecular flexibility index (Phi) is 4.64. The minimum Gasteiger partial charge on any atom is -0.367 e. The molecule has 1 N–H and O–H groups in total. The molecule has 6 heteroatoms. The van der Waals surface area contributed by atoms with Crippen LogP contribution in [-0.4, -0.2) is 26.7 Å². The third kappa shape index (κ3) is 3.70. The van der Waals surface area contributed by atoms with Gasteiger partial charge in [0.15, 0.2) is 17.2 Å². The van der Waals surface area contributed by atoms with Crippen LogP contribution in [0.25, 0.3) is 16.9 Å². The van der Waals surface area contributed by atoms with Crippen LogP contribution in [0.1, 0.15) is 43.5 Å². The highest BCUT2D eigenvalue weighted by Crippen LogP contribution is 2.34. The van der Waals surface area contributed by atoms with E-state index in [0.717, 1.165) is 19.4 Å². The van der Waals surface area contributed by atoms with Crippen molar-refractivity contribution in [3.05, 3.63) is 48.2 Å². The van der Waals surface area contributed by atoms with Gasteiger partial charge < -0.3 is 5.32 Å². The number of rotatable bonds is 7. The van der Waals surface area contributed by atoms with Crippen molar-refractivity contribution in [2.24, 2.45) is 11.8 Å². The van der Waals surface area contributed by atoms with Crippen LogP contribution in [0.2, 0.25) is 0 Å². The number of aromatic nitrogens is 3. The number of carbonyl (C=O) groups excluding carboxylic acids is 1. The van der Waals surface area contributed by atoms with Gasteiger partial charge in [0.25, 0.3) is 0 Å². The highest BCUT2D eigenvalue weighted by Gasteiger charge is 2.25.